The van der Waals surface area contributed by atoms with Crippen molar-refractivity contribution < 1.29 is 31.3 Å². The third kappa shape index (κ3) is 17.7. The zero-order valence-corrected chi connectivity index (χ0v) is 6.59. The monoisotopic (exact) mass is 178 g/mol. The van der Waals surface area contributed by atoms with Gasteiger partial charge in [-0.3, -0.25) is 9.59 Å². The van der Waals surface area contributed by atoms with Crippen LogP contribution in [-0.4, -0.2) is 28.9 Å². The van der Waals surface area contributed by atoms with E-state index in [-0.39, 0.29) is 57.1 Å². The molecule has 0 amide bonds. The first-order valence-electron chi connectivity index (χ1n) is 2.12. The van der Waals surface area contributed by atoms with E-state index in [4.69, 9.17) is 0 Å². The second-order valence-electron chi connectivity index (χ2n) is 1.58. The third-order valence-corrected chi connectivity index (χ3v) is 0.498. The van der Waals surface area contributed by atoms with Crippen molar-refractivity contribution >= 4 is 28.9 Å². The summed E-state index contributed by atoms with van der Waals surface area (Å²) >= 11 is 0. The molecule has 0 bridgehead atoms. The molecular weight excluding hydrogens is 167 g/mol. The molecule has 0 saturated heterocycles. The fourth-order valence-corrected chi connectivity index (χ4v) is 0.351. The van der Waals surface area contributed by atoms with Gasteiger partial charge in [-0.15, -0.1) is 0 Å². The smallest absolute Gasteiger partial charge is 0.187 e. The van der Waals surface area contributed by atoms with E-state index in [1.807, 2.05) is 0 Å². The van der Waals surface area contributed by atoms with Gasteiger partial charge in [-0.2, -0.15) is 0 Å². The molecule has 4 heteroatoms. The molecule has 0 aromatic carbocycles. The van der Waals surface area contributed by atoms with Crippen LogP contribution in [0.1, 0.15) is 20.3 Å². The molecule has 0 N–H and O–H groups in total. The average molecular weight is 178 g/mol. The van der Waals surface area contributed by atoms with E-state index in [9.17, 15) is 9.59 Å². The Labute approximate surface area is 80.4 Å². The van der Waals surface area contributed by atoms with E-state index < -0.39 is 0 Å². The Morgan fingerprint density at radius 1 is 1.11 bits per heavy atom. The molecule has 0 aliphatic carbocycles. The summed E-state index contributed by atoms with van der Waals surface area (Å²) in [4.78, 5) is 20.1. The van der Waals surface area contributed by atoms with Crippen LogP contribution in [0.25, 0.3) is 0 Å². The molecule has 0 rings (SSSR count). The molecule has 0 heterocycles. The molecule has 0 aliphatic heterocycles. The zero-order chi connectivity index (χ0) is 5.86. The van der Waals surface area contributed by atoms with Crippen molar-refractivity contribution in [2.75, 3.05) is 0 Å². The summed E-state index contributed by atoms with van der Waals surface area (Å²) in [5.74, 6) is -0.125. The maximum Gasteiger partial charge on any atom is 0.187 e. The van der Waals surface area contributed by atoms with E-state index in [2.05, 4.69) is 0 Å². The molecule has 50 valence electrons. The number of hydrogen-bond donors (Lipinski definition) is 0. The quantitative estimate of drug-likeness (QED) is 0.416. The van der Waals surface area contributed by atoms with Crippen LogP contribution in [-0.2, 0) is 31.3 Å². The van der Waals surface area contributed by atoms with Crippen LogP contribution in [0.2, 0.25) is 0 Å². The molecule has 0 saturated carbocycles. The normalized spacial score (nSPS) is 6.44. The second kappa shape index (κ2) is 8.59. The SMILES string of the molecule is CC(=O)CC(C)=O.[AlH3].[Ti]. The minimum absolute atomic E-state index is 0. The van der Waals surface area contributed by atoms with Crippen molar-refractivity contribution in [1.82, 2.24) is 0 Å². The van der Waals surface area contributed by atoms with E-state index >= 15 is 0 Å². The largest absolute Gasteiger partial charge is 0.300 e. The van der Waals surface area contributed by atoms with Crippen LogP contribution in [0.4, 0.5) is 0 Å². The summed E-state index contributed by atoms with van der Waals surface area (Å²) in [6, 6.07) is 0. The molecule has 0 unspecified atom stereocenters. The van der Waals surface area contributed by atoms with Crippen molar-refractivity contribution in [1.29, 1.82) is 0 Å². The maximum atomic E-state index is 10.0. The van der Waals surface area contributed by atoms with Gasteiger partial charge in [0.25, 0.3) is 0 Å². The fraction of sp³-hybridized carbons (Fsp3) is 0.600. The Morgan fingerprint density at radius 3 is 1.33 bits per heavy atom. The molecule has 0 aliphatic rings. The van der Waals surface area contributed by atoms with Gasteiger partial charge in [0.2, 0.25) is 0 Å². The van der Waals surface area contributed by atoms with Crippen molar-refractivity contribution in [2.24, 2.45) is 0 Å². The number of carbonyl (C=O) groups excluding carboxylic acids is 2. The molecule has 2 nitrogen and oxygen atoms in total. The van der Waals surface area contributed by atoms with Gasteiger partial charge in [-0.1, -0.05) is 0 Å². The Kier molecular flexibility index (Phi) is 15.5. The Balaban J connectivity index is -0.000000180. The molecule has 0 aromatic rings. The minimum atomic E-state index is -0.0625. The zero-order valence-electron chi connectivity index (χ0n) is 5.02. The van der Waals surface area contributed by atoms with E-state index in [0.717, 1.165) is 0 Å². The number of hydrogen-bond acceptors (Lipinski definition) is 2. The maximum absolute atomic E-state index is 10.0. The summed E-state index contributed by atoms with van der Waals surface area (Å²) in [6.07, 6.45) is 0.0833. The molecule has 0 spiro atoms. The first kappa shape index (κ1) is 16.3. The predicted molar refractivity (Wildman–Crippen MR) is 35.9 cm³/mol. The minimum Gasteiger partial charge on any atom is -0.300 e. The van der Waals surface area contributed by atoms with Gasteiger partial charge in [0.15, 0.2) is 17.4 Å². The van der Waals surface area contributed by atoms with Crippen LogP contribution in [0, 0.1) is 0 Å². The summed E-state index contributed by atoms with van der Waals surface area (Å²) in [5, 5.41) is 0. The number of rotatable bonds is 2. The van der Waals surface area contributed by atoms with Gasteiger partial charge in [0.1, 0.15) is 11.6 Å². The number of ketones is 2. The van der Waals surface area contributed by atoms with Gasteiger partial charge in [-0.25, -0.2) is 0 Å². The summed E-state index contributed by atoms with van der Waals surface area (Å²) in [7, 11) is 0. The van der Waals surface area contributed by atoms with Gasteiger partial charge < -0.3 is 0 Å². The molecular formula is C5H11AlO2Ti. The molecule has 0 atom stereocenters. The first-order valence-corrected chi connectivity index (χ1v) is 2.12. The van der Waals surface area contributed by atoms with Gasteiger partial charge in [-0.05, 0) is 13.8 Å². The van der Waals surface area contributed by atoms with E-state index in [1.165, 1.54) is 13.8 Å². The number of carbonyl (C=O) groups is 2. The average Bonchev–Trinajstić information content (AvgIpc) is 1.27. The van der Waals surface area contributed by atoms with Gasteiger partial charge in [0.05, 0.1) is 6.42 Å². The van der Waals surface area contributed by atoms with Crippen LogP contribution in [0.3, 0.4) is 0 Å². The van der Waals surface area contributed by atoms with Crippen molar-refractivity contribution in [3.63, 3.8) is 0 Å². The standard InChI is InChI=1S/C5H8O2.Al.Ti.3H/c1-4(6)3-5(2)7;;;;;/h3H2,1-2H3;;;;;. The molecule has 0 aromatic heterocycles. The van der Waals surface area contributed by atoms with Crippen LogP contribution in [0.5, 0.6) is 0 Å². The molecule has 0 fully saturated rings. The van der Waals surface area contributed by atoms with Crippen molar-refractivity contribution in [3.8, 4) is 0 Å². The predicted octanol–water partition coefficient (Wildman–Crippen LogP) is -0.632. The van der Waals surface area contributed by atoms with Crippen LogP contribution in [0.15, 0.2) is 0 Å². The van der Waals surface area contributed by atoms with Crippen LogP contribution < -0.4 is 0 Å². The summed E-state index contributed by atoms with van der Waals surface area (Å²) < 4.78 is 0. The first-order chi connectivity index (χ1) is 3.13. The van der Waals surface area contributed by atoms with E-state index in [0.29, 0.717) is 0 Å². The summed E-state index contributed by atoms with van der Waals surface area (Å²) in [5.41, 5.74) is 0. The third-order valence-electron chi connectivity index (χ3n) is 0.498. The fourth-order valence-electron chi connectivity index (χ4n) is 0.351. The summed E-state index contributed by atoms with van der Waals surface area (Å²) in [6.45, 7) is 2.81. The Hall–Kier alpha value is 0.587. The van der Waals surface area contributed by atoms with E-state index in [1.54, 1.807) is 0 Å². The Bertz CT molecular complexity index is 91.1. The van der Waals surface area contributed by atoms with Crippen molar-refractivity contribution in [3.05, 3.63) is 0 Å². The van der Waals surface area contributed by atoms with Crippen molar-refractivity contribution in [2.45, 2.75) is 20.3 Å². The molecule has 0 radical (unpaired) electrons. The van der Waals surface area contributed by atoms with Crippen LogP contribution >= 0.6 is 0 Å². The van der Waals surface area contributed by atoms with Gasteiger partial charge >= 0.3 is 0 Å². The van der Waals surface area contributed by atoms with Gasteiger partial charge in [0, 0.05) is 21.7 Å². The Morgan fingerprint density at radius 2 is 1.33 bits per heavy atom. The second-order valence-corrected chi connectivity index (χ2v) is 1.58. The topological polar surface area (TPSA) is 34.1 Å². The molecule has 9 heavy (non-hydrogen) atoms. The number of Topliss-reactive ketones (excluding diaryl/α,β-unsaturated/α-hetero) is 2.